The SMILES string of the molecule is Cc1c(C(=O)[C@H](C)N)c2ccc(N)cc2oc1=O. The van der Waals surface area contributed by atoms with Crippen molar-refractivity contribution in [2.24, 2.45) is 5.73 Å². The molecule has 2 aromatic rings. The molecule has 0 fully saturated rings. The van der Waals surface area contributed by atoms with Crippen LogP contribution in [-0.4, -0.2) is 11.8 Å². The van der Waals surface area contributed by atoms with E-state index in [1.54, 1.807) is 26.0 Å². The molecule has 1 aromatic heterocycles. The highest BCUT2D eigenvalue weighted by atomic mass is 16.4. The summed E-state index contributed by atoms with van der Waals surface area (Å²) in [6.07, 6.45) is 0. The molecule has 0 bridgehead atoms. The Morgan fingerprint density at radius 2 is 2.06 bits per heavy atom. The second-order valence-corrected chi connectivity index (χ2v) is 4.30. The standard InChI is InChI=1S/C13H14N2O3/c1-6-11(12(16)7(2)14)9-4-3-8(15)5-10(9)18-13(6)17/h3-5,7H,14-15H2,1-2H3/t7-/m0/s1. The number of fused-ring (bicyclic) bond motifs is 1. The molecule has 0 saturated heterocycles. The zero-order chi connectivity index (χ0) is 13.4. The summed E-state index contributed by atoms with van der Waals surface area (Å²) in [5, 5.41) is 0.559. The molecule has 1 atom stereocenters. The third-order valence-electron chi connectivity index (χ3n) is 2.82. The molecule has 1 aromatic carbocycles. The zero-order valence-corrected chi connectivity index (χ0v) is 10.2. The lowest BCUT2D eigenvalue weighted by molar-refractivity contribution is 0.0968. The van der Waals surface area contributed by atoms with Crippen LogP contribution in [0, 0.1) is 6.92 Å². The molecule has 4 N–H and O–H groups in total. The molecule has 0 saturated carbocycles. The fourth-order valence-electron chi connectivity index (χ4n) is 1.86. The van der Waals surface area contributed by atoms with Gasteiger partial charge in [0.15, 0.2) is 5.78 Å². The van der Waals surface area contributed by atoms with E-state index >= 15 is 0 Å². The van der Waals surface area contributed by atoms with Crippen molar-refractivity contribution in [2.75, 3.05) is 5.73 Å². The van der Waals surface area contributed by atoms with Crippen molar-refractivity contribution >= 4 is 22.4 Å². The molecule has 94 valence electrons. The van der Waals surface area contributed by atoms with Crippen LogP contribution in [0.15, 0.2) is 27.4 Å². The van der Waals surface area contributed by atoms with Gasteiger partial charge in [0, 0.05) is 28.3 Å². The van der Waals surface area contributed by atoms with Crippen molar-refractivity contribution in [3.8, 4) is 0 Å². The van der Waals surface area contributed by atoms with E-state index in [1.165, 1.54) is 6.07 Å². The van der Waals surface area contributed by atoms with Crippen molar-refractivity contribution in [1.82, 2.24) is 0 Å². The minimum Gasteiger partial charge on any atom is -0.422 e. The summed E-state index contributed by atoms with van der Waals surface area (Å²) >= 11 is 0. The van der Waals surface area contributed by atoms with Gasteiger partial charge in [-0.1, -0.05) is 0 Å². The minimum absolute atomic E-state index is 0.273. The van der Waals surface area contributed by atoms with Gasteiger partial charge in [-0.2, -0.15) is 0 Å². The van der Waals surface area contributed by atoms with Crippen LogP contribution < -0.4 is 17.1 Å². The number of hydrogen-bond donors (Lipinski definition) is 2. The molecular weight excluding hydrogens is 232 g/mol. The molecule has 0 amide bonds. The molecule has 0 aliphatic rings. The van der Waals surface area contributed by atoms with E-state index in [0.717, 1.165) is 0 Å². The Morgan fingerprint density at radius 3 is 2.67 bits per heavy atom. The van der Waals surface area contributed by atoms with Crippen molar-refractivity contribution in [1.29, 1.82) is 0 Å². The first-order valence-corrected chi connectivity index (χ1v) is 5.54. The number of nitrogen functional groups attached to an aromatic ring is 1. The van der Waals surface area contributed by atoms with Gasteiger partial charge in [0.2, 0.25) is 0 Å². The number of benzene rings is 1. The minimum atomic E-state index is -0.675. The Balaban J connectivity index is 2.89. The predicted molar refractivity (Wildman–Crippen MR) is 69.6 cm³/mol. The molecule has 0 spiro atoms. The Bertz CT molecular complexity index is 686. The first-order chi connectivity index (χ1) is 8.41. The highest BCUT2D eigenvalue weighted by Crippen LogP contribution is 2.23. The smallest absolute Gasteiger partial charge is 0.339 e. The summed E-state index contributed by atoms with van der Waals surface area (Å²) in [7, 11) is 0. The second kappa shape index (κ2) is 4.27. The number of ketones is 1. The summed E-state index contributed by atoms with van der Waals surface area (Å²) in [6.45, 7) is 3.14. The van der Waals surface area contributed by atoms with Gasteiger partial charge in [-0.05, 0) is 26.0 Å². The van der Waals surface area contributed by atoms with E-state index in [2.05, 4.69) is 0 Å². The van der Waals surface area contributed by atoms with E-state index in [1.807, 2.05) is 0 Å². The van der Waals surface area contributed by atoms with Crippen LogP contribution in [-0.2, 0) is 0 Å². The van der Waals surface area contributed by atoms with Gasteiger partial charge in [-0.15, -0.1) is 0 Å². The van der Waals surface area contributed by atoms with Crippen LogP contribution in [0.3, 0.4) is 0 Å². The molecule has 5 heteroatoms. The highest BCUT2D eigenvalue weighted by molar-refractivity contribution is 6.10. The number of carbonyl (C=O) groups excluding carboxylic acids is 1. The second-order valence-electron chi connectivity index (χ2n) is 4.30. The lowest BCUT2D eigenvalue weighted by Gasteiger charge is -2.10. The third kappa shape index (κ3) is 1.89. The maximum Gasteiger partial charge on any atom is 0.339 e. The molecule has 0 radical (unpaired) electrons. The summed E-state index contributed by atoms with van der Waals surface area (Å²) < 4.78 is 5.12. The predicted octanol–water partition coefficient (Wildman–Crippen LogP) is 1.21. The monoisotopic (exact) mass is 246 g/mol. The van der Waals surface area contributed by atoms with E-state index in [4.69, 9.17) is 15.9 Å². The quantitative estimate of drug-likeness (QED) is 0.471. The molecule has 5 nitrogen and oxygen atoms in total. The van der Waals surface area contributed by atoms with E-state index in [0.29, 0.717) is 22.2 Å². The number of rotatable bonds is 2. The van der Waals surface area contributed by atoms with Crippen molar-refractivity contribution in [2.45, 2.75) is 19.9 Å². The topological polar surface area (TPSA) is 99.3 Å². The maximum atomic E-state index is 12.1. The van der Waals surface area contributed by atoms with E-state index in [9.17, 15) is 9.59 Å². The Morgan fingerprint density at radius 1 is 1.39 bits per heavy atom. The van der Waals surface area contributed by atoms with Crippen LogP contribution in [0.25, 0.3) is 11.0 Å². The van der Waals surface area contributed by atoms with Crippen LogP contribution >= 0.6 is 0 Å². The van der Waals surface area contributed by atoms with Gasteiger partial charge in [0.1, 0.15) is 5.58 Å². The van der Waals surface area contributed by atoms with Crippen molar-refractivity contribution in [3.05, 3.63) is 39.7 Å². The Labute approximate surface area is 103 Å². The molecular formula is C13H14N2O3. The van der Waals surface area contributed by atoms with Gasteiger partial charge in [0.05, 0.1) is 6.04 Å². The van der Waals surface area contributed by atoms with Gasteiger partial charge < -0.3 is 15.9 Å². The van der Waals surface area contributed by atoms with Crippen LogP contribution in [0.2, 0.25) is 0 Å². The molecule has 0 aliphatic heterocycles. The van der Waals surface area contributed by atoms with E-state index < -0.39 is 11.7 Å². The van der Waals surface area contributed by atoms with Crippen LogP contribution in [0.1, 0.15) is 22.8 Å². The summed E-state index contributed by atoms with van der Waals surface area (Å²) in [6, 6.07) is 4.16. The van der Waals surface area contributed by atoms with Gasteiger partial charge >= 0.3 is 5.63 Å². The van der Waals surface area contributed by atoms with Gasteiger partial charge in [-0.3, -0.25) is 4.79 Å². The summed E-state index contributed by atoms with van der Waals surface area (Å²) in [4.78, 5) is 23.8. The van der Waals surface area contributed by atoms with Crippen LogP contribution in [0.5, 0.6) is 0 Å². The van der Waals surface area contributed by atoms with Gasteiger partial charge in [-0.25, -0.2) is 4.79 Å². The summed E-state index contributed by atoms with van der Waals surface area (Å²) in [5.41, 5.74) is 12.0. The van der Waals surface area contributed by atoms with E-state index in [-0.39, 0.29) is 11.3 Å². The normalized spacial score (nSPS) is 12.6. The maximum absolute atomic E-state index is 12.1. The van der Waals surface area contributed by atoms with Crippen molar-refractivity contribution < 1.29 is 9.21 Å². The molecule has 1 heterocycles. The zero-order valence-electron chi connectivity index (χ0n) is 10.2. The number of hydrogen-bond acceptors (Lipinski definition) is 5. The number of anilines is 1. The highest BCUT2D eigenvalue weighted by Gasteiger charge is 2.20. The third-order valence-corrected chi connectivity index (χ3v) is 2.82. The number of nitrogens with two attached hydrogens (primary N) is 2. The summed E-state index contributed by atoms with van der Waals surface area (Å²) in [5.74, 6) is -0.282. The first kappa shape index (κ1) is 12.3. The molecule has 2 rings (SSSR count). The largest absolute Gasteiger partial charge is 0.422 e. The Kier molecular flexibility index (Phi) is 2.92. The molecule has 0 aliphatic carbocycles. The molecule has 0 unspecified atom stereocenters. The van der Waals surface area contributed by atoms with Crippen LogP contribution in [0.4, 0.5) is 5.69 Å². The first-order valence-electron chi connectivity index (χ1n) is 5.54. The average Bonchev–Trinajstić information content (AvgIpc) is 2.30. The Hall–Kier alpha value is -2.14. The fourth-order valence-corrected chi connectivity index (χ4v) is 1.86. The lowest BCUT2D eigenvalue weighted by atomic mass is 9.98. The number of carbonyl (C=O) groups is 1. The van der Waals surface area contributed by atoms with Crippen molar-refractivity contribution in [3.63, 3.8) is 0 Å². The van der Waals surface area contributed by atoms with Gasteiger partial charge in [0.25, 0.3) is 0 Å². The fraction of sp³-hybridized carbons (Fsp3) is 0.231. The number of Topliss-reactive ketones (excluding diaryl/α,β-unsaturated/α-hetero) is 1. The average molecular weight is 246 g/mol. The lowest BCUT2D eigenvalue weighted by Crippen LogP contribution is -2.29. The molecule has 18 heavy (non-hydrogen) atoms.